The van der Waals surface area contributed by atoms with Crippen molar-refractivity contribution in [3.8, 4) is 5.75 Å². The van der Waals surface area contributed by atoms with Gasteiger partial charge in [-0.05, 0) is 49.8 Å². The van der Waals surface area contributed by atoms with Crippen LogP contribution in [-0.2, 0) is 11.3 Å². The summed E-state index contributed by atoms with van der Waals surface area (Å²) < 4.78 is 11.1. The third kappa shape index (κ3) is 7.37. The molecule has 2 rings (SSSR count). The molecule has 1 fully saturated rings. The molecule has 0 aromatic heterocycles. The Kier molecular flexibility index (Phi) is 7.73. The number of guanidine groups is 1. The van der Waals surface area contributed by atoms with Crippen LogP contribution in [0.2, 0.25) is 0 Å². The van der Waals surface area contributed by atoms with Crippen molar-refractivity contribution in [3.05, 3.63) is 29.8 Å². The number of hydrogen-bond acceptors (Lipinski definition) is 3. The zero-order valence-electron chi connectivity index (χ0n) is 14.3. The molecule has 0 saturated heterocycles. The number of benzene rings is 1. The smallest absolute Gasteiger partial charge is 0.191 e. The summed E-state index contributed by atoms with van der Waals surface area (Å²) in [4.78, 5) is 4.24. The van der Waals surface area contributed by atoms with E-state index in [4.69, 9.17) is 9.47 Å². The lowest BCUT2D eigenvalue weighted by atomic mass is 10.2. The Bertz CT molecular complexity index is 487. The van der Waals surface area contributed by atoms with Gasteiger partial charge < -0.3 is 20.1 Å². The molecule has 0 spiro atoms. The van der Waals surface area contributed by atoms with Gasteiger partial charge in [0, 0.05) is 33.4 Å². The van der Waals surface area contributed by atoms with Gasteiger partial charge in [-0.2, -0.15) is 0 Å². The van der Waals surface area contributed by atoms with Crippen LogP contribution in [-0.4, -0.2) is 39.4 Å². The lowest BCUT2D eigenvalue weighted by Crippen LogP contribution is -2.37. The Hall–Kier alpha value is -1.75. The number of nitrogens with one attached hydrogen (secondary N) is 2. The average molecular weight is 319 g/mol. The number of rotatable bonds is 10. The second kappa shape index (κ2) is 10.1. The summed E-state index contributed by atoms with van der Waals surface area (Å²) in [6.45, 7) is 6.01. The van der Waals surface area contributed by atoms with E-state index in [0.29, 0.717) is 6.61 Å². The summed E-state index contributed by atoms with van der Waals surface area (Å²) in [7, 11) is 1.79. The first kappa shape index (κ1) is 17.6. The zero-order valence-corrected chi connectivity index (χ0v) is 14.3. The zero-order chi connectivity index (χ0) is 16.3. The van der Waals surface area contributed by atoms with Gasteiger partial charge in [0.05, 0.1) is 6.61 Å². The average Bonchev–Trinajstić information content (AvgIpc) is 3.38. The van der Waals surface area contributed by atoms with E-state index >= 15 is 0 Å². The first-order valence-electron chi connectivity index (χ1n) is 8.55. The molecule has 128 valence electrons. The van der Waals surface area contributed by atoms with Crippen molar-refractivity contribution >= 4 is 5.96 Å². The normalized spacial score (nSPS) is 14.6. The van der Waals surface area contributed by atoms with Gasteiger partial charge in [-0.1, -0.05) is 12.1 Å². The van der Waals surface area contributed by atoms with Gasteiger partial charge in [-0.25, -0.2) is 0 Å². The maximum Gasteiger partial charge on any atom is 0.191 e. The van der Waals surface area contributed by atoms with E-state index in [9.17, 15) is 0 Å². The maximum absolute atomic E-state index is 5.62. The van der Waals surface area contributed by atoms with Gasteiger partial charge in [0.15, 0.2) is 5.96 Å². The molecule has 0 atom stereocenters. The van der Waals surface area contributed by atoms with Crippen molar-refractivity contribution in [1.29, 1.82) is 0 Å². The summed E-state index contributed by atoms with van der Waals surface area (Å²) in [6, 6.07) is 8.11. The predicted molar refractivity (Wildman–Crippen MR) is 94.0 cm³/mol. The van der Waals surface area contributed by atoms with E-state index in [0.717, 1.165) is 50.4 Å². The van der Waals surface area contributed by atoms with Crippen molar-refractivity contribution in [2.24, 2.45) is 10.9 Å². The van der Waals surface area contributed by atoms with Crippen LogP contribution in [0.5, 0.6) is 5.75 Å². The summed E-state index contributed by atoms with van der Waals surface area (Å²) in [5, 5.41) is 6.63. The van der Waals surface area contributed by atoms with E-state index in [1.807, 2.05) is 19.1 Å². The Morgan fingerprint density at radius 1 is 1.30 bits per heavy atom. The van der Waals surface area contributed by atoms with Gasteiger partial charge >= 0.3 is 0 Å². The van der Waals surface area contributed by atoms with E-state index < -0.39 is 0 Å². The van der Waals surface area contributed by atoms with Gasteiger partial charge in [-0.15, -0.1) is 0 Å². The number of ether oxygens (including phenoxy) is 2. The fourth-order valence-corrected chi connectivity index (χ4v) is 2.23. The quantitative estimate of drug-likeness (QED) is 0.395. The van der Waals surface area contributed by atoms with Gasteiger partial charge in [0.1, 0.15) is 5.75 Å². The topological polar surface area (TPSA) is 54.9 Å². The molecule has 2 N–H and O–H groups in total. The van der Waals surface area contributed by atoms with Crippen molar-refractivity contribution in [2.45, 2.75) is 32.7 Å². The summed E-state index contributed by atoms with van der Waals surface area (Å²) >= 11 is 0. The second-order valence-electron chi connectivity index (χ2n) is 5.80. The van der Waals surface area contributed by atoms with Gasteiger partial charge in [0.2, 0.25) is 0 Å². The molecule has 0 aliphatic heterocycles. The predicted octanol–water partition coefficient (Wildman–Crippen LogP) is 2.57. The maximum atomic E-state index is 5.62. The highest BCUT2D eigenvalue weighted by molar-refractivity contribution is 5.79. The summed E-state index contributed by atoms with van der Waals surface area (Å²) in [5.74, 6) is 2.56. The molecule has 0 unspecified atom stereocenters. The molecular formula is C18H29N3O2. The molecule has 5 heteroatoms. The molecule has 23 heavy (non-hydrogen) atoms. The molecule has 0 heterocycles. The number of aliphatic imine (C=N–C) groups is 1. The minimum absolute atomic E-state index is 0.683. The van der Waals surface area contributed by atoms with Crippen molar-refractivity contribution < 1.29 is 9.47 Å². The fourth-order valence-electron chi connectivity index (χ4n) is 2.23. The SMILES string of the molecule is CCOc1cccc(CNC(=NC)NCCCOCC2CC2)c1. The van der Waals surface area contributed by atoms with Crippen LogP contribution in [0.3, 0.4) is 0 Å². The van der Waals surface area contributed by atoms with E-state index in [1.165, 1.54) is 18.4 Å². The van der Waals surface area contributed by atoms with Crippen LogP contribution in [0.1, 0.15) is 31.7 Å². The Morgan fingerprint density at radius 2 is 2.17 bits per heavy atom. The fraction of sp³-hybridized carbons (Fsp3) is 0.611. The monoisotopic (exact) mass is 319 g/mol. The first-order chi connectivity index (χ1) is 11.3. The lowest BCUT2D eigenvalue weighted by Gasteiger charge is -2.12. The van der Waals surface area contributed by atoms with Crippen molar-refractivity contribution in [2.75, 3.05) is 33.4 Å². The van der Waals surface area contributed by atoms with Gasteiger partial charge in [0.25, 0.3) is 0 Å². The van der Waals surface area contributed by atoms with Crippen LogP contribution in [0, 0.1) is 5.92 Å². The number of nitrogens with zero attached hydrogens (tertiary/aromatic N) is 1. The van der Waals surface area contributed by atoms with Crippen LogP contribution in [0.25, 0.3) is 0 Å². The van der Waals surface area contributed by atoms with Crippen molar-refractivity contribution in [3.63, 3.8) is 0 Å². The van der Waals surface area contributed by atoms with E-state index in [2.05, 4.69) is 27.8 Å². The Balaban J connectivity index is 1.60. The molecule has 1 aliphatic carbocycles. The van der Waals surface area contributed by atoms with Crippen LogP contribution < -0.4 is 15.4 Å². The molecule has 0 bridgehead atoms. The third-order valence-electron chi connectivity index (χ3n) is 3.70. The van der Waals surface area contributed by atoms with E-state index in [-0.39, 0.29) is 0 Å². The molecule has 1 saturated carbocycles. The standard InChI is InChI=1S/C18H29N3O2/c1-3-23-17-7-4-6-16(12-17)13-21-18(19-2)20-10-5-11-22-14-15-8-9-15/h4,6-7,12,15H,3,5,8-11,13-14H2,1-2H3,(H2,19,20,21). The van der Waals surface area contributed by atoms with Gasteiger partial charge in [-0.3, -0.25) is 4.99 Å². The molecule has 1 aliphatic rings. The van der Waals surface area contributed by atoms with Crippen LogP contribution >= 0.6 is 0 Å². The number of hydrogen-bond donors (Lipinski definition) is 2. The van der Waals surface area contributed by atoms with Crippen LogP contribution in [0.4, 0.5) is 0 Å². The molecule has 0 amide bonds. The molecule has 5 nitrogen and oxygen atoms in total. The summed E-state index contributed by atoms with van der Waals surface area (Å²) in [6.07, 6.45) is 3.69. The largest absolute Gasteiger partial charge is 0.494 e. The highest BCUT2D eigenvalue weighted by Crippen LogP contribution is 2.28. The Morgan fingerprint density at radius 3 is 2.91 bits per heavy atom. The molecule has 0 radical (unpaired) electrons. The summed E-state index contributed by atoms with van der Waals surface area (Å²) in [5.41, 5.74) is 1.17. The third-order valence-corrected chi connectivity index (χ3v) is 3.70. The molecule has 1 aromatic rings. The molecular weight excluding hydrogens is 290 g/mol. The highest BCUT2D eigenvalue weighted by atomic mass is 16.5. The van der Waals surface area contributed by atoms with Crippen molar-refractivity contribution in [1.82, 2.24) is 10.6 Å². The lowest BCUT2D eigenvalue weighted by molar-refractivity contribution is 0.123. The van der Waals surface area contributed by atoms with Crippen LogP contribution in [0.15, 0.2) is 29.3 Å². The molecule has 1 aromatic carbocycles. The Labute approximate surface area is 139 Å². The minimum atomic E-state index is 0.683. The minimum Gasteiger partial charge on any atom is -0.494 e. The van der Waals surface area contributed by atoms with E-state index in [1.54, 1.807) is 7.05 Å². The second-order valence-corrected chi connectivity index (χ2v) is 5.80. The highest BCUT2D eigenvalue weighted by Gasteiger charge is 2.20. The first-order valence-corrected chi connectivity index (χ1v) is 8.55.